The average Bonchev–Trinajstić information content (AvgIpc) is 3.25. The van der Waals surface area contributed by atoms with Crippen LogP contribution in [0.1, 0.15) is 23.7 Å². The van der Waals surface area contributed by atoms with Crippen molar-refractivity contribution in [2.45, 2.75) is 37.5 Å². The molecule has 2 unspecified atom stereocenters. The van der Waals surface area contributed by atoms with E-state index >= 15 is 8.78 Å². The fourth-order valence-corrected chi connectivity index (χ4v) is 6.25. The minimum atomic E-state index is -1.02. The molecule has 3 saturated heterocycles. The molecule has 3 atom stereocenters. The number of aromatic nitrogens is 1. The minimum absolute atomic E-state index is 0.0322. The fraction of sp³-hybridized carbons (Fsp3) is 0.483. The van der Waals surface area contributed by atoms with Gasteiger partial charge in [0.05, 0.1) is 30.9 Å². The number of fused-ring (bicyclic) bond motifs is 2. The number of phenols is 1. The smallest absolute Gasteiger partial charge is 0.262 e. The molecule has 0 aliphatic carbocycles. The Balaban J connectivity index is 1.46. The van der Waals surface area contributed by atoms with Crippen LogP contribution in [0.3, 0.4) is 0 Å². The first kappa shape index (κ1) is 27.4. The number of rotatable bonds is 5. The van der Waals surface area contributed by atoms with E-state index in [1.54, 1.807) is 9.80 Å². The zero-order valence-corrected chi connectivity index (χ0v) is 23.1. The number of pyridine rings is 1. The number of aromatic hydroxyl groups is 1. The average molecular weight is 570 g/mol. The number of phenolic OH excluding ortho intramolecular Hbond substituents is 1. The Labute approximate surface area is 236 Å². The lowest BCUT2D eigenvalue weighted by Gasteiger charge is -2.39. The highest BCUT2D eigenvalue weighted by molar-refractivity contribution is 6.03. The predicted octanol–water partition coefficient (Wildman–Crippen LogP) is 2.26. The highest BCUT2D eigenvalue weighted by atomic mass is 19.1. The Hall–Kier alpha value is -3.77. The van der Waals surface area contributed by atoms with Gasteiger partial charge in [0, 0.05) is 38.3 Å². The molecule has 2 aromatic rings. The molecule has 41 heavy (non-hydrogen) atoms. The Bertz CT molecular complexity index is 1380. The number of hydrogen-bond donors (Lipinski definition) is 1. The first-order valence-corrected chi connectivity index (χ1v) is 13.8. The molecule has 6 rings (SSSR count). The summed E-state index contributed by atoms with van der Waals surface area (Å²) in [6, 6.07) is 3.49. The maximum atomic E-state index is 16.3. The summed E-state index contributed by atoms with van der Waals surface area (Å²) >= 11 is 0. The normalized spacial score (nSPS) is 24.5. The van der Waals surface area contributed by atoms with Crippen molar-refractivity contribution in [3.63, 3.8) is 0 Å². The van der Waals surface area contributed by atoms with Gasteiger partial charge in [0.1, 0.15) is 35.2 Å². The van der Waals surface area contributed by atoms with E-state index in [4.69, 9.17) is 9.47 Å². The lowest BCUT2D eigenvalue weighted by molar-refractivity contribution is -0.128. The Kier molecular flexibility index (Phi) is 7.06. The van der Waals surface area contributed by atoms with Gasteiger partial charge in [0.2, 0.25) is 5.91 Å². The molecule has 4 aliphatic rings. The third-order valence-electron chi connectivity index (χ3n) is 8.77. The SMILES string of the molecule is C=CC(=O)N1CCN2C(=O)c3c(N4CC(N(C)C5COC5)CC4C)nc(-c4c(O)cccc4F)c(F)c3OC[C@H]2C1. The first-order chi connectivity index (χ1) is 19.7. The Morgan fingerprint density at radius 3 is 2.61 bits per heavy atom. The van der Waals surface area contributed by atoms with Gasteiger partial charge >= 0.3 is 0 Å². The summed E-state index contributed by atoms with van der Waals surface area (Å²) in [4.78, 5) is 38.4. The van der Waals surface area contributed by atoms with Gasteiger partial charge in [-0.15, -0.1) is 0 Å². The Morgan fingerprint density at radius 2 is 1.93 bits per heavy atom. The number of ether oxygens (including phenoxy) is 2. The highest BCUT2D eigenvalue weighted by Gasteiger charge is 2.44. The van der Waals surface area contributed by atoms with E-state index in [-0.39, 0.29) is 60.9 Å². The van der Waals surface area contributed by atoms with Crippen molar-refractivity contribution in [3.8, 4) is 22.8 Å². The second-order valence-corrected chi connectivity index (χ2v) is 11.1. The van der Waals surface area contributed by atoms with Crippen LogP contribution >= 0.6 is 0 Å². The largest absolute Gasteiger partial charge is 0.507 e. The van der Waals surface area contributed by atoms with E-state index in [1.165, 1.54) is 18.2 Å². The van der Waals surface area contributed by atoms with Crippen LogP contribution in [0.15, 0.2) is 30.9 Å². The lowest BCUT2D eigenvalue weighted by Crippen LogP contribution is -2.57. The number of carbonyl (C=O) groups excluding carboxylic acids is 2. The molecule has 4 aliphatic heterocycles. The van der Waals surface area contributed by atoms with Gasteiger partial charge in [-0.2, -0.15) is 0 Å². The van der Waals surface area contributed by atoms with Crippen LogP contribution in [0.2, 0.25) is 0 Å². The molecule has 218 valence electrons. The summed E-state index contributed by atoms with van der Waals surface area (Å²) in [6.45, 7) is 8.00. The van der Waals surface area contributed by atoms with Gasteiger partial charge in [0.25, 0.3) is 5.91 Å². The molecule has 0 bridgehead atoms. The van der Waals surface area contributed by atoms with E-state index in [1.807, 2.05) is 18.9 Å². The number of amides is 2. The van der Waals surface area contributed by atoms with Crippen LogP contribution in [-0.2, 0) is 9.53 Å². The molecule has 3 fully saturated rings. The zero-order valence-electron chi connectivity index (χ0n) is 23.1. The molecule has 0 spiro atoms. The van der Waals surface area contributed by atoms with Crippen molar-refractivity contribution in [1.82, 2.24) is 19.7 Å². The molecule has 0 saturated carbocycles. The third-order valence-corrected chi connectivity index (χ3v) is 8.77. The number of hydrogen-bond acceptors (Lipinski definition) is 8. The summed E-state index contributed by atoms with van der Waals surface area (Å²) in [5.74, 6) is -3.22. The van der Waals surface area contributed by atoms with Crippen molar-refractivity contribution in [1.29, 1.82) is 0 Å². The van der Waals surface area contributed by atoms with Gasteiger partial charge in [0.15, 0.2) is 11.6 Å². The van der Waals surface area contributed by atoms with Crippen LogP contribution in [-0.4, -0.2) is 114 Å². The highest BCUT2D eigenvalue weighted by Crippen LogP contribution is 2.44. The van der Waals surface area contributed by atoms with Crippen LogP contribution in [0, 0.1) is 11.6 Å². The minimum Gasteiger partial charge on any atom is -0.507 e. The molecule has 2 amide bonds. The van der Waals surface area contributed by atoms with E-state index < -0.39 is 40.6 Å². The lowest BCUT2D eigenvalue weighted by atomic mass is 10.0. The van der Waals surface area contributed by atoms with E-state index in [2.05, 4.69) is 16.5 Å². The van der Waals surface area contributed by atoms with Gasteiger partial charge in [-0.3, -0.25) is 14.5 Å². The van der Waals surface area contributed by atoms with Crippen LogP contribution in [0.4, 0.5) is 14.6 Å². The van der Waals surface area contributed by atoms with Crippen molar-refractivity contribution < 1.29 is 33.0 Å². The summed E-state index contributed by atoms with van der Waals surface area (Å²) in [5.41, 5.74) is -0.862. The molecule has 10 nitrogen and oxygen atoms in total. The predicted molar refractivity (Wildman–Crippen MR) is 146 cm³/mol. The Morgan fingerprint density at radius 1 is 1.15 bits per heavy atom. The molecule has 0 radical (unpaired) electrons. The molecule has 12 heteroatoms. The van der Waals surface area contributed by atoms with Crippen molar-refractivity contribution in [3.05, 3.63) is 48.1 Å². The summed E-state index contributed by atoms with van der Waals surface area (Å²) in [5, 5.41) is 10.5. The second kappa shape index (κ2) is 10.6. The van der Waals surface area contributed by atoms with Crippen LogP contribution in [0.25, 0.3) is 11.3 Å². The number of piperazine rings is 1. The van der Waals surface area contributed by atoms with Gasteiger partial charge in [-0.25, -0.2) is 13.8 Å². The van der Waals surface area contributed by atoms with Crippen LogP contribution < -0.4 is 9.64 Å². The maximum Gasteiger partial charge on any atom is 0.262 e. The molecule has 1 aromatic heterocycles. The van der Waals surface area contributed by atoms with E-state index in [0.29, 0.717) is 26.3 Å². The molecular formula is C29H33F2N5O5. The van der Waals surface area contributed by atoms with Gasteiger partial charge < -0.3 is 29.3 Å². The fourth-order valence-electron chi connectivity index (χ4n) is 6.25. The van der Waals surface area contributed by atoms with E-state index in [0.717, 1.165) is 12.5 Å². The standard InChI is InChI=1S/C29H33F2N5O5/c1-4-22(38)34-8-9-35-18(11-34)15-41-27-24(29(35)39)28(32-26(25(27)31)23-20(30)6-5-7-21(23)37)36-12-17(10-16(36)2)33(3)19-13-40-14-19/h4-7,16-19,37H,1,8-15H2,2-3H3/t16?,17?,18-/m1/s1. The number of halogens is 2. The van der Waals surface area contributed by atoms with Crippen molar-refractivity contribution in [2.24, 2.45) is 0 Å². The number of nitrogens with zero attached hydrogens (tertiary/aromatic N) is 5. The second-order valence-electron chi connectivity index (χ2n) is 11.1. The maximum absolute atomic E-state index is 16.3. The van der Waals surface area contributed by atoms with E-state index in [9.17, 15) is 14.7 Å². The summed E-state index contributed by atoms with van der Waals surface area (Å²) in [6.07, 6.45) is 1.98. The molecule has 5 heterocycles. The molecular weight excluding hydrogens is 536 g/mol. The van der Waals surface area contributed by atoms with Gasteiger partial charge in [-0.1, -0.05) is 12.6 Å². The monoisotopic (exact) mass is 569 g/mol. The van der Waals surface area contributed by atoms with Crippen molar-refractivity contribution >= 4 is 17.6 Å². The van der Waals surface area contributed by atoms with Gasteiger partial charge in [-0.05, 0) is 38.6 Å². The number of carbonyl (C=O) groups is 2. The quantitative estimate of drug-likeness (QED) is 0.548. The number of likely N-dealkylation sites (N-methyl/N-ethyl adjacent to an activating group) is 1. The molecule has 1 N–H and O–H groups in total. The van der Waals surface area contributed by atoms with Crippen LogP contribution in [0.5, 0.6) is 11.5 Å². The number of benzene rings is 1. The van der Waals surface area contributed by atoms with Crippen molar-refractivity contribution in [2.75, 3.05) is 57.9 Å². The zero-order chi connectivity index (χ0) is 29.0. The summed E-state index contributed by atoms with van der Waals surface area (Å²) < 4.78 is 42.7. The summed E-state index contributed by atoms with van der Waals surface area (Å²) in [7, 11) is 2.04. The topological polar surface area (TPSA) is 98.7 Å². The third kappa shape index (κ3) is 4.58. The number of anilines is 1. The first-order valence-electron chi connectivity index (χ1n) is 13.8. The molecule has 1 aromatic carbocycles.